The fourth-order valence-corrected chi connectivity index (χ4v) is 1.56. The second-order valence-corrected chi connectivity index (χ2v) is 3.89. The van der Waals surface area contributed by atoms with Crippen LogP contribution in [0.1, 0.15) is 15.9 Å². The molecule has 0 aromatic carbocycles. The van der Waals surface area contributed by atoms with Gasteiger partial charge < -0.3 is 5.32 Å². The van der Waals surface area contributed by atoms with Crippen molar-refractivity contribution in [3.63, 3.8) is 0 Å². The van der Waals surface area contributed by atoms with E-state index in [-0.39, 0.29) is 11.0 Å². The van der Waals surface area contributed by atoms with Crippen LogP contribution in [0.2, 0.25) is 5.15 Å². The SMILES string of the molecule is Cn1cc(C#N)c(NC(=O)c2ccnc(Cl)c2)n1. The van der Waals surface area contributed by atoms with E-state index in [1.807, 2.05) is 6.07 Å². The Morgan fingerprint density at radius 3 is 3.06 bits per heavy atom. The average molecular weight is 262 g/mol. The second-order valence-electron chi connectivity index (χ2n) is 3.50. The molecule has 90 valence electrons. The van der Waals surface area contributed by atoms with Gasteiger partial charge in [-0.25, -0.2) is 4.98 Å². The van der Waals surface area contributed by atoms with Gasteiger partial charge in [-0.2, -0.15) is 10.4 Å². The predicted octanol–water partition coefficient (Wildman–Crippen LogP) is 1.59. The maximum Gasteiger partial charge on any atom is 0.257 e. The van der Waals surface area contributed by atoms with E-state index in [0.29, 0.717) is 11.1 Å². The minimum absolute atomic E-state index is 0.220. The highest BCUT2D eigenvalue weighted by molar-refractivity contribution is 6.29. The number of hydrogen-bond donors (Lipinski definition) is 1. The molecule has 7 heteroatoms. The predicted molar refractivity (Wildman–Crippen MR) is 65.1 cm³/mol. The number of nitrogens with one attached hydrogen (secondary N) is 1. The van der Waals surface area contributed by atoms with Gasteiger partial charge in [-0.15, -0.1) is 0 Å². The van der Waals surface area contributed by atoms with Crippen LogP contribution in [0.25, 0.3) is 0 Å². The molecule has 0 saturated heterocycles. The summed E-state index contributed by atoms with van der Waals surface area (Å²) < 4.78 is 1.45. The Labute approximate surface area is 108 Å². The summed E-state index contributed by atoms with van der Waals surface area (Å²) in [5.41, 5.74) is 0.649. The molecule has 0 fully saturated rings. The van der Waals surface area contributed by atoms with E-state index < -0.39 is 5.91 Å². The number of anilines is 1. The van der Waals surface area contributed by atoms with Crippen LogP contribution in [0.3, 0.4) is 0 Å². The first-order chi connectivity index (χ1) is 8.60. The smallest absolute Gasteiger partial charge is 0.257 e. The molecule has 2 rings (SSSR count). The summed E-state index contributed by atoms with van der Waals surface area (Å²) in [6, 6.07) is 4.91. The highest BCUT2D eigenvalue weighted by Crippen LogP contribution is 2.13. The van der Waals surface area contributed by atoms with Gasteiger partial charge in [-0.3, -0.25) is 9.48 Å². The number of aryl methyl sites for hydroxylation is 1. The summed E-state index contributed by atoms with van der Waals surface area (Å²) in [4.78, 5) is 15.7. The number of nitrogens with zero attached hydrogens (tertiary/aromatic N) is 4. The third-order valence-corrected chi connectivity index (χ3v) is 2.38. The first kappa shape index (κ1) is 12.1. The van der Waals surface area contributed by atoms with Gasteiger partial charge in [-0.1, -0.05) is 11.6 Å². The summed E-state index contributed by atoms with van der Waals surface area (Å²) in [6.07, 6.45) is 2.95. The quantitative estimate of drug-likeness (QED) is 0.832. The van der Waals surface area contributed by atoms with Crippen LogP contribution >= 0.6 is 11.6 Å². The van der Waals surface area contributed by atoms with Gasteiger partial charge in [0.25, 0.3) is 5.91 Å². The largest absolute Gasteiger partial charge is 0.304 e. The summed E-state index contributed by atoms with van der Waals surface area (Å²) in [5.74, 6) is -0.174. The van der Waals surface area contributed by atoms with Crippen molar-refractivity contribution in [3.05, 3.63) is 40.8 Å². The Bertz CT molecular complexity index is 643. The molecule has 2 aromatic rings. The number of aromatic nitrogens is 3. The van der Waals surface area contributed by atoms with Crippen molar-refractivity contribution in [2.75, 3.05) is 5.32 Å². The van der Waals surface area contributed by atoms with Crippen molar-refractivity contribution in [2.24, 2.45) is 7.05 Å². The molecule has 0 radical (unpaired) electrons. The maximum atomic E-state index is 11.9. The highest BCUT2D eigenvalue weighted by Gasteiger charge is 2.12. The van der Waals surface area contributed by atoms with Crippen LogP contribution in [-0.2, 0) is 7.05 Å². The number of halogens is 1. The molecule has 0 aliphatic rings. The van der Waals surface area contributed by atoms with Crippen LogP contribution in [-0.4, -0.2) is 20.7 Å². The van der Waals surface area contributed by atoms with Crippen LogP contribution in [0.5, 0.6) is 0 Å². The zero-order valence-corrected chi connectivity index (χ0v) is 10.1. The number of carbonyl (C=O) groups is 1. The van der Waals surface area contributed by atoms with Crippen molar-refractivity contribution >= 4 is 23.3 Å². The number of rotatable bonds is 2. The van der Waals surface area contributed by atoms with E-state index >= 15 is 0 Å². The molecule has 18 heavy (non-hydrogen) atoms. The van der Waals surface area contributed by atoms with Crippen LogP contribution < -0.4 is 5.32 Å². The first-order valence-corrected chi connectivity index (χ1v) is 5.34. The molecular formula is C11H8ClN5O. The minimum atomic E-state index is -0.394. The van der Waals surface area contributed by atoms with Crippen LogP contribution in [0.4, 0.5) is 5.82 Å². The van der Waals surface area contributed by atoms with E-state index in [9.17, 15) is 4.79 Å². The normalized spacial score (nSPS) is 9.83. The Hall–Kier alpha value is -2.39. The Kier molecular flexibility index (Phi) is 3.26. The van der Waals surface area contributed by atoms with Crippen LogP contribution in [0, 0.1) is 11.3 Å². The lowest BCUT2D eigenvalue weighted by Crippen LogP contribution is -2.13. The van der Waals surface area contributed by atoms with Gasteiger partial charge in [0, 0.05) is 25.0 Å². The summed E-state index contributed by atoms with van der Waals surface area (Å²) in [7, 11) is 1.67. The lowest BCUT2D eigenvalue weighted by molar-refractivity contribution is 0.102. The molecule has 0 unspecified atom stereocenters. The van der Waals surface area contributed by atoms with Gasteiger partial charge >= 0.3 is 0 Å². The monoisotopic (exact) mass is 261 g/mol. The first-order valence-electron chi connectivity index (χ1n) is 4.97. The van der Waals surface area contributed by atoms with E-state index in [1.54, 1.807) is 7.05 Å². The van der Waals surface area contributed by atoms with Crippen molar-refractivity contribution in [1.29, 1.82) is 5.26 Å². The van der Waals surface area contributed by atoms with Gasteiger partial charge in [0.05, 0.1) is 0 Å². The molecule has 2 heterocycles. The van der Waals surface area contributed by atoms with Gasteiger partial charge in [0.1, 0.15) is 16.8 Å². The highest BCUT2D eigenvalue weighted by atomic mass is 35.5. The number of hydrogen-bond acceptors (Lipinski definition) is 4. The number of pyridine rings is 1. The van der Waals surface area contributed by atoms with Crippen LogP contribution in [0.15, 0.2) is 24.5 Å². The van der Waals surface area contributed by atoms with Crippen molar-refractivity contribution in [3.8, 4) is 6.07 Å². The molecule has 0 spiro atoms. The number of carbonyl (C=O) groups excluding carboxylic acids is 1. The van der Waals surface area contributed by atoms with E-state index in [0.717, 1.165) is 0 Å². The fourth-order valence-electron chi connectivity index (χ4n) is 1.39. The minimum Gasteiger partial charge on any atom is -0.304 e. The summed E-state index contributed by atoms with van der Waals surface area (Å²) in [6.45, 7) is 0. The molecule has 1 N–H and O–H groups in total. The van der Waals surface area contributed by atoms with Gasteiger partial charge in [0.15, 0.2) is 5.82 Å². The van der Waals surface area contributed by atoms with E-state index in [2.05, 4.69) is 15.4 Å². The fraction of sp³-hybridized carbons (Fsp3) is 0.0909. The topological polar surface area (TPSA) is 83.6 Å². The third-order valence-electron chi connectivity index (χ3n) is 2.17. The molecule has 6 nitrogen and oxygen atoms in total. The van der Waals surface area contributed by atoms with E-state index in [4.69, 9.17) is 16.9 Å². The molecule has 0 saturated carbocycles. The van der Waals surface area contributed by atoms with Crippen molar-refractivity contribution in [1.82, 2.24) is 14.8 Å². The van der Waals surface area contributed by atoms with E-state index in [1.165, 1.54) is 29.2 Å². The van der Waals surface area contributed by atoms with Gasteiger partial charge in [0.2, 0.25) is 0 Å². The Balaban J connectivity index is 2.24. The lowest BCUT2D eigenvalue weighted by Gasteiger charge is -2.02. The molecule has 0 atom stereocenters. The Morgan fingerprint density at radius 2 is 2.39 bits per heavy atom. The third kappa shape index (κ3) is 2.47. The number of nitriles is 1. The summed E-state index contributed by atoms with van der Waals surface area (Å²) >= 11 is 5.69. The second kappa shape index (κ2) is 4.85. The number of amides is 1. The zero-order valence-electron chi connectivity index (χ0n) is 9.38. The molecule has 1 amide bonds. The molecule has 0 aliphatic carbocycles. The molecule has 2 aromatic heterocycles. The van der Waals surface area contributed by atoms with Gasteiger partial charge in [-0.05, 0) is 12.1 Å². The molecule has 0 bridgehead atoms. The van der Waals surface area contributed by atoms with Crippen molar-refractivity contribution in [2.45, 2.75) is 0 Å². The maximum absolute atomic E-state index is 11.9. The average Bonchev–Trinajstić information content (AvgIpc) is 2.69. The van der Waals surface area contributed by atoms with Crippen molar-refractivity contribution < 1.29 is 4.79 Å². The summed E-state index contributed by atoms with van der Waals surface area (Å²) in [5, 5.41) is 15.6. The molecular weight excluding hydrogens is 254 g/mol. The Morgan fingerprint density at radius 1 is 1.61 bits per heavy atom. The standard InChI is InChI=1S/C11H8ClN5O/c1-17-6-8(5-13)10(16-17)15-11(18)7-2-3-14-9(12)4-7/h2-4,6H,1H3,(H,15,16,18). The lowest BCUT2D eigenvalue weighted by atomic mass is 10.2. The zero-order chi connectivity index (χ0) is 13.1. The molecule has 0 aliphatic heterocycles.